The minimum Gasteiger partial charge on any atom is -0.386 e. The van der Waals surface area contributed by atoms with E-state index in [1.54, 1.807) is 18.2 Å². The van der Waals surface area contributed by atoms with E-state index in [2.05, 4.69) is 10.6 Å². The molecule has 2 aromatic carbocycles. The Kier molecular flexibility index (Phi) is 6.04. The number of halogens is 2. The van der Waals surface area contributed by atoms with Crippen LogP contribution in [0.15, 0.2) is 60.3 Å². The zero-order valence-electron chi connectivity index (χ0n) is 12.0. The fourth-order valence-electron chi connectivity index (χ4n) is 1.81. The van der Waals surface area contributed by atoms with Crippen molar-refractivity contribution in [3.63, 3.8) is 0 Å². The number of rotatable bonds is 5. The highest BCUT2D eigenvalue weighted by atomic mass is 35.5. The topological polar surface area (TPSA) is 64.9 Å². The minimum atomic E-state index is -0.558. The molecule has 0 saturated carbocycles. The highest BCUT2D eigenvalue weighted by Crippen LogP contribution is 2.29. The summed E-state index contributed by atoms with van der Waals surface area (Å²) >= 11 is 11.9. The zero-order chi connectivity index (χ0) is 16.7. The Morgan fingerprint density at radius 1 is 1.13 bits per heavy atom. The van der Waals surface area contributed by atoms with Crippen molar-refractivity contribution in [3.8, 4) is 6.07 Å². The van der Waals surface area contributed by atoms with E-state index < -0.39 is 5.91 Å². The van der Waals surface area contributed by atoms with Crippen LogP contribution in [0, 0.1) is 11.3 Å². The van der Waals surface area contributed by atoms with Crippen molar-refractivity contribution in [1.29, 1.82) is 5.26 Å². The number of anilines is 1. The Labute approximate surface area is 144 Å². The van der Waals surface area contributed by atoms with E-state index in [4.69, 9.17) is 28.5 Å². The first-order chi connectivity index (χ1) is 11.1. The highest BCUT2D eigenvalue weighted by molar-refractivity contribution is 6.44. The first-order valence-electron chi connectivity index (χ1n) is 6.74. The Morgan fingerprint density at radius 3 is 2.57 bits per heavy atom. The van der Waals surface area contributed by atoms with Gasteiger partial charge in [0.05, 0.1) is 15.7 Å². The second-order valence-corrected chi connectivity index (χ2v) is 5.38. The Balaban J connectivity index is 2.02. The van der Waals surface area contributed by atoms with Gasteiger partial charge in [0.2, 0.25) is 0 Å². The van der Waals surface area contributed by atoms with Crippen molar-refractivity contribution in [2.45, 2.75) is 6.54 Å². The van der Waals surface area contributed by atoms with Gasteiger partial charge >= 0.3 is 0 Å². The minimum absolute atomic E-state index is 0.0584. The van der Waals surface area contributed by atoms with Crippen LogP contribution >= 0.6 is 23.2 Å². The van der Waals surface area contributed by atoms with Crippen molar-refractivity contribution < 1.29 is 4.79 Å². The molecule has 2 aromatic rings. The molecule has 0 unspecified atom stereocenters. The van der Waals surface area contributed by atoms with Gasteiger partial charge in [0, 0.05) is 12.7 Å². The number of hydrogen-bond acceptors (Lipinski definition) is 3. The largest absolute Gasteiger partial charge is 0.386 e. The molecule has 6 heteroatoms. The predicted octanol–water partition coefficient (Wildman–Crippen LogP) is 4.13. The summed E-state index contributed by atoms with van der Waals surface area (Å²) in [5.41, 5.74) is 1.34. The molecule has 0 saturated heterocycles. The van der Waals surface area contributed by atoms with Gasteiger partial charge in [-0.3, -0.25) is 4.79 Å². The van der Waals surface area contributed by atoms with Gasteiger partial charge in [-0.2, -0.15) is 5.26 Å². The van der Waals surface area contributed by atoms with E-state index in [0.29, 0.717) is 17.3 Å². The molecule has 116 valence electrons. The van der Waals surface area contributed by atoms with Crippen molar-refractivity contribution in [3.05, 3.63) is 75.9 Å². The molecule has 0 atom stereocenters. The van der Waals surface area contributed by atoms with Crippen LogP contribution in [0.5, 0.6) is 0 Å². The molecule has 4 nitrogen and oxygen atoms in total. The molecule has 2 rings (SSSR count). The SMILES string of the molecule is N#C/C(=C/NCc1ccccc1)C(=O)Nc1cccc(Cl)c1Cl. The van der Waals surface area contributed by atoms with Gasteiger partial charge in [-0.05, 0) is 17.7 Å². The molecule has 0 radical (unpaired) electrons. The van der Waals surface area contributed by atoms with E-state index in [1.807, 2.05) is 36.4 Å². The van der Waals surface area contributed by atoms with Gasteiger partial charge in [0.15, 0.2) is 0 Å². The van der Waals surface area contributed by atoms with E-state index in [9.17, 15) is 4.79 Å². The summed E-state index contributed by atoms with van der Waals surface area (Å²) in [5.74, 6) is -0.558. The average molecular weight is 346 g/mol. The van der Waals surface area contributed by atoms with E-state index in [-0.39, 0.29) is 10.6 Å². The number of carbonyl (C=O) groups is 1. The molecule has 0 aliphatic rings. The fraction of sp³-hybridized carbons (Fsp3) is 0.0588. The van der Waals surface area contributed by atoms with Crippen molar-refractivity contribution in [2.24, 2.45) is 0 Å². The summed E-state index contributed by atoms with van der Waals surface area (Å²) in [6, 6.07) is 16.4. The lowest BCUT2D eigenvalue weighted by Gasteiger charge is -2.08. The van der Waals surface area contributed by atoms with E-state index in [1.165, 1.54) is 6.20 Å². The van der Waals surface area contributed by atoms with Crippen molar-refractivity contribution in [2.75, 3.05) is 5.32 Å². The summed E-state index contributed by atoms with van der Waals surface area (Å²) in [7, 11) is 0. The molecular weight excluding hydrogens is 333 g/mol. The number of benzene rings is 2. The number of hydrogen-bond donors (Lipinski definition) is 2. The second-order valence-electron chi connectivity index (χ2n) is 4.59. The van der Waals surface area contributed by atoms with Crippen LogP contribution in [0.2, 0.25) is 10.0 Å². The normalized spacial score (nSPS) is 10.7. The third-order valence-corrected chi connectivity index (χ3v) is 3.78. The fourth-order valence-corrected chi connectivity index (χ4v) is 2.15. The first-order valence-corrected chi connectivity index (χ1v) is 7.50. The van der Waals surface area contributed by atoms with Crippen LogP contribution < -0.4 is 10.6 Å². The smallest absolute Gasteiger partial charge is 0.267 e. The van der Waals surface area contributed by atoms with Crippen molar-refractivity contribution in [1.82, 2.24) is 5.32 Å². The lowest BCUT2D eigenvalue weighted by molar-refractivity contribution is -0.112. The van der Waals surface area contributed by atoms with Gasteiger partial charge in [-0.15, -0.1) is 0 Å². The summed E-state index contributed by atoms with van der Waals surface area (Å²) in [4.78, 5) is 12.1. The van der Waals surface area contributed by atoms with E-state index >= 15 is 0 Å². The lowest BCUT2D eigenvalue weighted by Crippen LogP contribution is -2.16. The van der Waals surface area contributed by atoms with Crippen LogP contribution in [-0.2, 0) is 11.3 Å². The Bertz CT molecular complexity index is 767. The van der Waals surface area contributed by atoms with Crippen LogP contribution in [-0.4, -0.2) is 5.91 Å². The number of nitrogens with zero attached hydrogens (tertiary/aromatic N) is 1. The van der Waals surface area contributed by atoms with Gasteiger partial charge in [-0.25, -0.2) is 0 Å². The molecule has 0 aliphatic heterocycles. The molecule has 0 aliphatic carbocycles. The molecule has 0 bridgehead atoms. The maximum atomic E-state index is 12.1. The monoisotopic (exact) mass is 345 g/mol. The van der Waals surface area contributed by atoms with Gasteiger partial charge in [0.1, 0.15) is 11.6 Å². The Hall–Kier alpha value is -2.48. The van der Waals surface area contributed by atoms with Gasteiger partial charge in [0.25, 0.3) is 5.91 Å². The third-order valence-electron chi connectivity index (χ3n) is 2.96. The number of nitriles is 1. The summed E-state index contributed by atoms with van der Waals surface area (Å²) in [5, 5.41) is 15.2. The number of amides is 1. The molecule has 2 N–H and O–H groups in total. The summed E-state index contributed by atoms with van der Waals surface area (Å²) in [6.45, 7) is 0.511. The van der Waals surface area contributed by atoms with Gasteiger partial charge < -0.3 is 10.6 Å². The molecule has 0 fully saturated rings. The highest BCUT2D eigenvalue weighted by Gasteiger charge is 2.12. The number of nitrogens with one attached hydrogen (secondary N) is 2. The molecule has 0 aromatic heterocycles. The third kappa shape index (κ3) is 4.75. The quantitative estimate of drug-likeness (QED) is 0.632. The maximum absolute atomic E-state index is 12.1. The van der Waals surface area contributed by atoms with Crippen LogP contribution in [0.4, 0.5) is 5.69 Å². The average Bonchev–Trinajstić information content (AvgIpc) is 2.56. The van der Waals surface area contributed by atoms with E-state index in [0.717, 1.165) is 5.56 Å². The van der Waals surface area contributed by atoms with Crippen LogP contribution in [0.25, 0.3) is 0 Å². The number of carbonyl (C=O) groups excluding carboxylic acids is 1. The van der Waals surface area contributed by atoms with Crippen LogP contribution in [0.1, 0.15) is 5.56 Å². The predicted molar refractivity (Wildman–Crippen MR) is 92.1 cm³/mol. The zero-order valence-corrected chi connectivity index (χ0v) is 13.5. The second kappa shape index (κ2) is 8.23. The summed E-state index contributed by atoms with van der Waals surface area (Å²) < 4.78 is 0. The molecule has 23 heavy (non-hydrogen) atoms. The van der Waals surface area contributed by atoms with Crippen molar-refractivity contribution >= 4 is 34.8 Å². The lowest BCUT2D eigenvalue weighted by atomic mass is 10.2. The standard InChI is InChI=1S/C17H13Cl2N3O/c18-14-7-4-8-15(16(14)19)22-17(23)13(9-20)11-21-10-12-5-2-1-3-6-12/h1-8,11,21H,10H2,(H,22,23)/b13-11-. The van der Waals surface area contributed by atoms with Crippen LogP contribution in [0.3, 0.4) is 0 Å². The summed E-state index contributed by atoms with van der Waals surface area (Å²) in [6.07, 6.45) is 1.38. The Morgan fingerprint density at radius 2 is 1.87 bits per heavy atom. The first kappa shape index (κ1) is 16.9. The van der Waals surface area contributed by atoms with Gasteiger partial charge in [-0.1, -0.05) is 59.6 Å². The maximum Gasteiger partial charge on any atom is 0.267 e. The molecular formula is C17H13Cl2N3O. The molecule has 0 spiro atoms. The molecule has 1 amide bonds. The molecule has 0 heterocycles.